The summed E-state index contributed by atoms with van der Waals surface area (Å²) in [7, 11) is 0. The van der Waals surface area contributed by atoms with Gasteiger partial charge in [-0.15, -0.1) is 35.8 Å². The summed E-state index contributed by atoms with van der Waals surface area (Å²) in [5.41, 5.74) is 9.92. The summed E-state index contributed by atoms with van der Waals surface area (Å²) in [4.78, 5) is 68.2. The van der Waals surface area contributed by atoms with E-state index in [0.29, 0.717) is 24.5 Å². The van der Waals surface area contributed by atoms with E-state index in [1.807, 2.05) is 237 Å². The fourth-order valence-corrected chi connectivity index (χ4v) is 7.69. The van der Waals surface area contributed by atoms with E-state index in [0.717, 1.165) is 55.5 Å². The second kappa shape index (κ2) is 76.9. The molecule has 0 spiro atoms. The van der Waals surface area contributed by atoms with E-state index in [4.69, 9.17) is 0 Å². The van der Waals surface area contributed by atoms with Crippen LogP contribution in [0.15, 0.2) is 121 Å². The summed E-state index contributed by atoms with van der Waals surface area (Å²) in [6.45, 7) is 46.5. The van der Waals surface area contributed by atoms with E-state index in [9.17, 15) is 28.8 Å². The number of nitrogens with zero attached hydrogens (tertiary/aromatic N) is 6. The number of para-hydroxylation sites is 4. The standard InChI is InChI=1S/4C11H13NO.C10H10N2O2.9C2H6.6Rb/c1-8-6-9-4-2-3-5-10(9)7-12-11(8)13;1-8-10-5-3-2-4-9(10)6-7-12-11(8)13;2*1-8-6-7-9-4-2-3-5-10(9)12-11(8)13;1-6-9(13)11-7-4-2-3-5-8(7)12-10(6)14;9*1-2;;;;;;/h4*2-5,8H,6-7H2,1H3,(H,12,13);2-6H,1H3,(H2,11,12,13,14);9*1-2H3;;;;;;/q;;;;;;;;;;;;;;6*+1/p-6. The molecule has 4 atom stereocenters. The molecule has 90 heavy (non-hydrogen) atoms. The minimum atomic E-state index is -0.762. The molecule has 0 aromatic heterocycles. The average molecular weight is 1670 g/mol. The second-order valence-electron chi connectivity index (χ2n) is 17.1. The Balaban J connectivity index is -0.000000103. The Bertz CT molecular complexity index is 2470. The Morgan fingerprint density at radius 2 is 0.600 bits per heavy atom. The van der Waals surface area contributed by atoms with E-state index in [-0.39, 0.29) is 396 Å². The van der Waals surface area contributed by atoms with Gasteiger partial charge < -0.3 is 60.7 Å². The molecule has 0 N–H and O–H groups in total. The van der Waals surface area contributed by atoms with Gasteiger partial charge in [0.25, 0.3) is 0 Å². The zero-order chi connectivity index (χ0) is 65.2. The number of fused-ring (bicyclic) bond motifs is 5. The van der Waals surface area contributed by atoms with E-state index in [1.165, 1.54) is 34.7 Å². The summed E-state index contributed by atoms with van der Waals surface area (Å²) < 4.78 is 0. The van der Waals surface area contributed by atoms with Gasteiger partial charge >= 0.3 is 349 Å². The second-order valence-corrected chi connectivity index (χ2v) is 17.1. The molecule has 5 aliphatic rings. The fourth-order valence-electron chi connectivity index (χ4n) is 7.69. The predicted molar refractivity (Wildman–Crippen MR) is 361 cm³/mol. The first-order valence-corrected chi connectivity index (χ1v) is 31.6. The van der Waals surface area contributed by atoms with Gasteiger partial charge in [-0.2, -0.15) is 0 Å². The van der Waals surface area contributed by atoms with Crippen LogP contribution in [0.1, 0.15) is 211 Å². The van der Waals surface area contributed by atoms with Crippen molar-refractivity contribution < 1.29 is 378 Å². The summed E-state index contributed by atoms with van der Waals surface area (Å²) in [6.07, 6.45) is 5.49. The normalized spacial score (nSPS) is 15.7. The first kappa shape index (κ1) is 115. The molecule has 4 unspecified atom stereocenters. The van der Waals surface area contributed by atoms with Gasteiger partial charge in [0.2, 0.25) is 0 Å². The molecule has 0 saturated carbocycles. The summed E-state index contributed by atoms with van der Waals surface area (Å²) in [6, 6.07) is 38.8. The maximum absolute atomic E-state index is 11.4. The molecule has 5 aromatic carbocycles. The largest absolute Gasteiger partial charge is 1.00 e. The van der Waals surface area contributed by atoms with Gasteiger partial charge in [0.1, 0.15) is 0 Å². The Hall–Kier alpha value is 3.75. The van der Waals surface area contributed by atoms with Crippen molar-refractivity contribution in [2.24, 2.45) is 23.7 Å². The zero-order valence-electron chi connectivity index (χ0n) is 62.2. The Morgan fingerprint density at radius 3 is 0.989 bits per heavy atom. The molecule has 12 nitrogen and oxygen atoms in total. The molecule has 5 heterocycles. The molecule has 5 aromatic rings. The van der Waals surface area contributed by atoms with Crippen molar-refractivity contribution >= 4 is 58.2 Å². The van der Waals surface area contributed by atoms with Crippen molar-refractivity contribution in [1.29, 1.82) is 0 Å². The van der Waals surface area contributed by atoms with Crippen LogP contribution in [0.3, 0.4) is 0 Å². The van der Waals surface area contributed by atoms with Crippen LogP contribution in [-0.2, 0) is 61.0 Å². The minimum absolute atomic E-state index is 0. The average Bonchev–Trinajstić information content (AvgIpc) is 4.00. The topological polar surface area (TPSA) is 187 Å². The van der Waals surface area contributed by atoms with Crippen LogP contribution in [0.5, 0.6) is 0 Å². The molecule has 0 radical (unpaired) electrons. The number of amides is 6. The number of carbonyl (C=O) groups is 6. The monoisotopic (exact) mass is 1660 g/mol. The molecule has 0 saturated heterocycles. The van der Waals surface area contributed by atoms with Crippen LogP contribution >= 0.6 is 0 Å². The van der Waals surface area contributed by atoms with Crippen LogP contribution in [-0.4, -0.2) is 42.0 Å². The van der Waals surface area contributed by atoms with Crippen LogP contribution in [0.2, 0.25) is 0 Å². The van der Waals surface area contributed by atoms with Crippen LogP contribution in [0.25, 0.3) is 31.9 Å². The van der Waals surface area contributed by atoms with Crippen LogP contribution in [0.4, 0.5) is 22.7 Å². The Morgan fingerprint density at radius 1 is 0.289 bits per heavy atom. The molecule has 0 aliphatic carbocycles. The van der Waals surface area contributed by atoms with Gasteiger partial charge in [0.15, 0.2) is 0 Å². The van der Waals surface area contributed by atoms with Crippen molar-refractivity contribution in [3.63, 3.8) is 0 Å². The quantitative estimate of drug-likeness (QED) is 0.213. The molecule has 18 heteroatoms. The zero-order valence-corrected chi connectivity index (χ0v) is 91.7. The van der Waals surface area contributed by atoms with Gasteiger partial charge in [-0.3, -0.25) is 0 Å². The SMILES string of the molecule is CC.CC.CC.CC.CC.CC.CC.CC.CC.CC1C(=O)[N-]CCc2ccccc21.CC1C(=O)[N-]c2ccccc2[N-]C1=O.CC1CCc2ccccc2[N-]C1=O.CC1CCc2ccccc2[N-]C1=O.CC1Cc2ccccc2C[N-]C1=O.[Rb+].[Rb+].[Rb+].[Rb+].[Rb+].[Rb+]. The molecule has 5 aliphatic heterocycles. The number of benzene rings is 5. The Kier molecular flexibility index (Phi) is 98.3. The fraction of sp³-hybridized carbons (Fsp3) is 0.500. The molecule has 0 fully saturated rings. The van der Waals surface area contributed by atoms with Crippen LogP contribution in [0, 0.1) is 23.7 Å². The number of hydrogen-bond acceptors (Lipinski definition) is 6. The van der Waals surface area contributed by atoms with Crippen LogP contribution < -0.4 is 349 Å². The molecule has 0 bridgehead atoms. The molecular weight excluding hydrogens is 1560 g/mol. The summed E-state index contributed by atoms with van der Waals surface area (Å²) in [5, 5.41) is 23.8. The van der Waals surface area contributed by atoms with E-state index in [1.54, 1.807) is 24.3 Å². The van der Waals surface area contributed by atoms with Gasteiger partial charge in [0, 0.05) is 17.8 Å². The van der Waals surface area contributed by atoms with Gasteiger partial charge in [0.05, 0.1) is 35.4 Å². The van der Waals surface area contributed by atoms with Crippen molar-refractivity contribution in [2.45, 2.75) is 210 Å². The minimum Gasteiger partial charge on any atom is -0.653 e. The van der Waals surface area contributed by atoms with Crippen molar-refractivity contribution in [2.75, 3.05) is 6.54 Å². The van der Waals surface area contributed by atoms with Gasteiger partial charge in [-0.1, -0.05) is 297 Å². The maximum Gasteiger partial charge on any atom is 1.00 e. The first-order chi connectivity index (χ1) is 40.8. The van der Waals surface area contributed by atoms with E-state index >= 15 is 0 Å². The maximum atomic E-state index is 11.4. The number of rotatable bonds is 0. The van der Waals surface area contributed by atoms with Crippen molar-refractivity contribution in [3.05, 3.63) is 187 Å². The van der Waals surface area contributed by atoms with Crippen molar-refractivity contribution in [1.82, 2.24) is 0 Å². The van der Waals surface area contributed by atoms with E-state index in [2.05, 4.69) is 44.0 Å². The molecule has 6 amide bonds. The number of carbonyl (C=O) groups excluding carboxylic acids is 6. The number of aryl methyl sites for hydroxylation is 2. The predicted octanol–water partition coefficient (Wildman–Crippen LogP) is 3.79. The third-order valence-electron chi connectivity index (χ3n) is 12.1. The first-order valence-electron chi connectivity index (χ1n) is 31.6. The van der Waals surface area contributed by atoms with Crippen molar-refractivity contribution in [3.8, 4) is 0 Å². The van der Waals surface area contributed by atoms with E-state index < -0.39 is 17.7 Å². The molecule has 470 valence electrons. The summed E-state index contributed by atoms with van der Waals surface area (Å²) >= 11 is 0. The smallest absolute Gasteiger partial charge is 0.653 e. The molecule has 10 rings (SSSR count). The van der Waals surface area contributed by atoms with Gasteiger partial charge in [-0.25, -0.2) is 0 Å². The summed E-state index contributed by atoms with van der Waals surface area (Å²) in [5.74, 6) is -1.38. The number of hydrogen-bond donors (Lipinski definition) is 0. The van der Waals surface area contributed by atoms with Gasteiger partial charge in [-0.05, 0) is 67.1 Å². The third kappa shape index (κ3) is 46.3. The third-order valence-corrected chi connectivity index (χ3v) is 12.1. The molecular formula is C72H110N6O6Rb6. The Labute approximate surface area is 843 Å².